The molecule has 0 amide bonds. The van der Waals surface area contributed by atoms with Gasteiger partial charge in [-0.05, 0) is 88.2 Å². The van der Waals surface area contributed by atoms with E-state index < -0.39 is 10.8 Å². The minimum Gasteiger partial charge on any atom is -0.299 e. The molecule has 2 aliphatic carbocycles. The standard InChI is InChI=1S/C17H21FO2.C17H22O2.C15H20O2.C15H20OS/c1-16(2,3)11-15(20)17(8-9-17)14(19)10-12-4-6-13(18)7-5-12;1-16(2,3)12-15(19)17(9-10-17)14(18)11-13-7-5-4-6-8-13;2*1-15(2,3)11-14(17)10-13(16)9-12-7-5-4-6-8-12/h4-7H,8-11H2,1-3H3;4-8H,9-12H2,1-3H3;2*4-8H,9-11H2,1-3H3. The molecule has 0 radical (unpaired) electrons. The number of rotatable bonds is 20. The van der Waals surface area contributed by atoms with Gasteiger partial charge in [-0.2, -0.15) is 0 Å². The third kappa shape index (κ3) is 24.5. The van der Waals surface area contributed by atoms with Crippen LogP contribution in [0.25, 0.3) is 0 Å². The third-order valence-electron chi connectivity index (χ3n) is 12.2. The first-order valence-corrected chi connectivity index (χ1v) is 26.3. The molecule has 73 heavy (non-hydrogen) atoms. The Bertz CT molecular complexity index is 2390. The van der Waals surface area contributed by atoms with Gasteiger partial charge in [0.25, 0.3) is 0 Å². The van der Waals surface area contributed by atoms with Crippen molar-refractivity contribution < 1.29 is 38.0 Å². The Hall–Kier alpha value is -5.41. The van der Waals surface area contributed by atoms with E-state index in [0.717, 1.165) is 46.4 Å². The Morgan fingerprint density at radius 3 is 1.00 bits per heavy atom. The molecular formula is C64H83FO7S. The number of ketones is 7. The van der Waals surface area contributed by atoms with Gasteiger partial charge in [0.15, 0.2) is 11.6 Å². The van der Waals surface area contributed by atoms with Crippen molar-refractivity contribution in [2.45, 2.75) is 173 Å². The van der Waals surface area contributed by atoms with E-state index in [1.165, 1.54) is 12.1 Å². The average Bonchev–Trinajstić information content (AvgIpc) is 4.19. The second kappa shape index (κ2) is 27.2. The molecule has 0 aromatic heterocycles. The maximum Gasteiger partial charge on any atom is 0.150 e. The molecule has 0 bridgehead atoms. The van der Waals surface area contributed by atoms with Crippen LogP contribution < -0.4 is 0 Å². The normalized spacial score (nSPS) is 14.3. The predicted molar refractivity (Wildman–Crippen MR) is 297 cm³/mol. The molecule has 0 aliphatic heterocycles. The summed E-state index contributed by atoms with van der Waals surface area (Å²) in [7, 11) is 0. The monoisotopic (exact) mass is 1010 g/mol. The highest BCUT2D eigenvalue weighted by Crippen LogP contribution is 2.51. The van der Waals surface area contributed by atoms with Crippen molar-refractivity contribution in [2.24, 2.45) is 32.5 Å². The molecule has 2 fully saturated rings. The molecule has 4 aromatic rings. The van der Waals surface area contributed by atoms with Crippen molar-refractivity contribution in [2.75, 3.05) is 0 Å². The number of hydrogen-bond acceptors (Lipinski definition) is 8. The zero-order chi connectivity index (χ0) is 54.8. The minimum absolute atomic E-state index is 0.00505. The molecule has 0 saturated heterocycles. The number of hydrogen-bond donors (Lipinski definition) is 0. The van der Waals surface area contributed by atoms with Gasteiger partial charge in [0.1, 0.15) is 34.7 Å². The van der Waals surface area contributed by atoms with Gasteiger partial charge in [-0.1, -0.05) is 198 Å². The highest BCUT2D eigenvalue weighted by molar-refractivity contribution is 7.80. The van der Waals surface area contributed by atoms with Crippen molar-refractivity contribution in [1.82, 2.24) is 0 Å². The lowest BCUT2D eigenvalue weighted by Crippen LogP contribution is -2.30. The largest absolute Gasteiger partial charge is 0.299 e. The molecule has 2 aliphatic rings. The smallest absolute Gasteiger partial charge is 0.150 e. The van der Waals surface area contributed by atoms with E-state index in [1.54, 1.807) is 12.1 Å². The highest BCUT2D eigenvalue weighted by Gasteiger charge is 2.56. The van der Waals surface area contributed by atoms with Crippen LogP contribution in [0.2, 0.25) is 0 Å². The summed E-state index contributed by atoms with van der Waals surface area (Å²) in [5.41, 5.74) is 2.41. The molecule has 9 heteroatoms. The molecule has 0 N–H and O–H groups in total. The molecule has 394 valence electrons. The molecule has 7 nitrogen and oxygen atoms in total. The van der Waals surface area contributed by atoms with Gasteiger partial charge in [-0.3, -0.25) is 33.6 Å². The third-order valence-corrected chi connectivity index (χ3v) is 12.5. The molecule has 2 saturated carbocycles. The number of Topliss-reactive ketones (excluding diaryl/α,β-unsaturated/α-hetero) is 7. The maximum atomic E-state index is 12.8. The lowest BCUT2D eigenvalue weighted by molar-refractivity contribution is -0.136. The Morgan fingerprint density at radius 2 is 0.685 bits per heavy atom. The number of carbonyl (C=O) groups excluding carboxylic acids is 7. The summed E-state index contributed by atoms with van der Waals surface area (Å²) in [6.45, 7) is 24.6. The molecule has 4 aromatic carbocycles. The van der Waals surface area contributed by atoms with Crippen molar-refractivity contribution >= 4 is 57.6 Å². The second-order valence-corrected chi connectivity index (χ2v) is 25.7. The van der Waals surface area contributed by atoms with Gasteiger partial charge in [-0.15, -0.1) is 0 Å². The summed E-state index contributed by atoms with van der Waals surface area (Å²) >= 11 is 5.27. The Kier molecular flexibility index (Phi) is 23.1. The summed E-state index contributed by atoms with van der Waals surface area (Å²) in [6, 6.07) is 35.0. The first-order chi connectivity index (χ1) is 33.8. The van der Waals surface area contributed by atoms with E-state index in [4.69, 9.17) is 12.2 Å². The summed E-state index contributed by atoms with van der Waals surface area (Å²) in [6.07, 6.45) is 7.00. The zero-order valence-corrected chi connectivity index (χ0v) is 46.8. The van der Waals surface area contributed by atoms with E-state index in [2.05, 4.69) is 20.8 Å². The van der Waals surface area contributed by atoms with Gasteiger partial charge in [-0.25, -0.2) is 4.39 Å². The summed E-state index contributed by atoms with van der Waals surface area (Å²) in [5.74, 6) is 0.241. The average molecular weight is 1020 g/mol. The van der Waals surface area contributed by atoms with Crippen LogP contribution in [-0.4, -0.2) is 45.3 Å². The van der Waals surface area contributed by atoms with Crippen LogP contribution in [0.1, 0.15) is 170 Å². The van der Waals surface area contributed by atoms with Crippen LogP contribution in [0.3, 0.4) is 0 Å². The lowest BCUT2D eigenvalue weighted by atomic mass is 9.81. The Labute approximate surface area is 442 Å². The SMILES string of the molecule is CC(C)(C)CC(=O)C1(C(=O)Cc2ccc(F)cc2)CC1.CC(C)(C)CC(=O)C1(C(=O)Cc2ccccc2)CC1.CC(C)(C)CC(=O)CC(=O)Cc1ccccc1.CC(C)(C)CC(=S)CC(=O)Cc1ccccc1. The summed E-state index contributed by atoms with van der Waals surface area (Å²) in [4.78, 5) is 85.5. The Balaban J connectivity index is 0.000000258. The molecule has 0 heterocycles. The van der Waals surface area contributed by atoms with Crippen LogP contribution in [0, 0.1) is 38.3 Å². The van der Waals surface area contributed by atoms with E-state index in [1.807, 2.05) is 153 Å². The summed E-state index contributed by atoms with van der Waals surface area (Å²) < 4.78 is 12.8. The van der Waals surface area contributed by atoms with Crippen LogP contribution in [0.15, 0.2) is 115 Å². The van der Waals surface area contributed by atoms with Gasteiger partial charge in [0.2, 0.25) is 0 Å². The first-order valence-electron chi connectivity index (χ1n) is 25.9. The maximum absolute atomic E-state index is 12.8. The Morgan fingerprint density at radius 1 is 0.384 bits per heavy atom. The molecule has 0 atom stereocenters. The van der Waals surface area contributed by atoms with Crippen LogP contribution >= 0.6 is 12.2 Å². The summed E-state index contributed by atoms with van der Waals surface area (Å²) in [5, 5.41) is 0. The van der Waals surface area contributed by atoms with Crippen molar-refractivity contribution in [1.29, 1.82) is 0 Å². The fourth-order valence-electron chi connectivity index (χ4n) is 8.41. The molecule has 0 spiro atoms. The fraction of sp³-hybridized carbons (Fsp3) is 0.500. The zero-order valence-electron chi connectivity index (χ0n) is 46.0. The quantitative estimate of drug-likeness (QED) is 0.0634. The second-order valence-electron chi connectivity index (χ2n) is 25.1. The highest BCUT2D eigenvalue weighted by atomic mass is 32.1. The number of carbonyl (C=O) groups is 7. The first kappa shape index (κ1) is 61.9. The van der Waals surface area contributed by atoms with Crippen LogP contribution in [0.4, 0.5) is 4.39 Å². The van der Waals surface area contributed by atoms with Gasteiger partial charge in [0, 0.05) is 56.2 Å². The van der Waals surface area contributed by atoms with E-state index >= 15 is 0 Å². The van der Waals surface area contributed by atoms with E-state index in [0.29, 0.717) is 57.8 Å². The topological polar surface area (TPSA) is 119 Å². The molecular weight excluding hydrogens is 932 g/mol. The van der Waals surface area contributed by atoms with Crippen molar-refractivity contribution in [3.05, 3.63) is 143 Å². The minimum atomic E-state index is -0.748. The molecule has 6 rings (SSSR count). The number of thiocarbonyl (C=S) groups is 1. The fourth-order valence-corrected chi connectivity index (χ4v) is 9.00. The van der Waals surface area contributed by atoms with Crippen LogP contribution in [-0.2, 0) is 59.2 Å². The predicted octanol–water partition coefficient (Wildman–Crippen LogP) is 14.5. The lowest BCUT2D eigenvalue weighted by Gasteiger charge is -2.21. The van der Waals surface area contributed by atoms with Gasteiger partial charge < -0.3 is 0 Å². The number of halogens is 1. The number of benzene rings is 4. The van der Waals surface area contributed by atoms with Gasteiger partial charge in [0.05, 0.1) is 17.3 Å². The van der Waals surface area contributed by atoms with E-state index in [9.17, 15) is 38.0 Å². The van der Waals surface area contributed by atoms with Crippen LogP contribution in [0.5, 0.6) is 0 Å². The van der Waals surface area contributed by atoms with Crippen molar-refractivity contribution in [3.8, 4) is 0 Å². The van der Waals surface area contributed by atoms with Crippen molar-refractivity contribution in [3.63, 3.8) is 0 Å². The van der Waals surface area contributed by atoms with E-state index in [-0.39, 0.29) is 80.8 Å². The molecule has 0 unspecified atom stereocenters. The van der Waals surface area contributed by atoms with Gasteiger partial charge >= 0.3 is 0 Å².